The topological polar surface area (TPSA) is 0 Å². The molecule has 0 spiro atoms. The second-order valence-electron chi connectivity index (χ2n) is 5.96. The van der Waals surface area contributed by atoms with E-state index in [2.05, 4.69) is 24.3 Å². The predicted molar refractivity (Wildman–Crippen MR) is 107 cm³/mol. The van der Waals surface area contributed by atoms with Gasteiger partial charge in [-0.3, -0.25) is 0 Å². The summed E-state index contributed by atoms with van der Waals surface area (Å²) in [6.07, 6.45) is 0. The van der Waals surface area contributed by atoms with Crippen molar-refractivity contribution in [2.75, 3.05) is 0 Å². The molecular weight excluding hydrogens is 300 g/mol. The number of hydrogen-bond donors (Lipinski definition) is 0. The van der Waals surface area contributed by atoms with Crippen LogP contribution in [0.5, 0.6) is 0 Å². The van der Waals surface area contributed by atoms with Crippen LogP contribution in [-0.2, 0) is 0 Å². The minimum atomic E-state index is -0.383. The molecule has 120 valence electrons. The van der Waals surface area contributed by atoms with Crippen molar-refractivity contribution in [3.8, 4) is 33.4 Å². The SMILES string of the molecule is [2H]c1c([2H])c([2H])c(-c2ccccc2-c2ccccc2-c2ccc(C)cc2)c([2H])c1[2H]. The van der Waals surface area contributed by atoms with E-state index in [1.165, 1.54) is 5.56 Å². The third kappa shape index (κ3) is 3.12. The van der Waals surface area contributed by atoms with Gasteiger partial charge in [-0.15, -0.1) is 0 Å². The number of benzene rings is 4. The molecule has 0 amide bonds. The fourth-order valence-electron chi connectivity index (χ4n) is 3.02. The second-order valence-corrected chi connectivity index (χ2v) is 5.96. The van der Waals surface area contributed by atoms with Gasteiger partial charge in [0.1, 0.15) is 0 Å². The molecule has 4 aromatic carbocycles. The number of aryl methyl sites for hydroxylation is 1. The lowest BCUT2D eigenvalue weighted by molar-refractivity contribution is 1.47. The van der Waals surface area contributed by atoms with E-state index in [4.69, 9.17) is 6.85 Å². The van der Waals surface area contributed by atoms with Gasteiger partial charge in [0.15, 0.2) is 0 Å². The van der Waals surface area contributed by atoms with Crippen LogP contribution >= 0.6 is 0 Å². The highest BCUT2D eigenvalue weighted by Gasteiger charge is 2.11. The molecule has 0 saturated carbocycles. The lowest BCUT2D eigenvalue weighted by Gasteiger charge is -2.14. The van der Waals surface area contributed by atoms with E-state index in [-0.39, 0.29) is 35.8 Å². The molecule has 25 heavy (non-hydrogen) atoms. The largest absolute Gasteiger partial charge is 0.0629 e. The Labute approximate surface area is 156 Å². The fourth-order valence-corrected chi connectivity index (χ4v) is 3.02. The summed E-state index contributed by atoms with van der Waals surface area (Å²) in [6.45, 7) is 2.05. The van der Waals surface area contributed by atoms with Crippen LogP contribution in [0.2, 0.25) is 0 Å². The Morgan fingerprint density at radius 1 is 0.520 bits per heavy atom. The van der Waals surface area contributed by atoms with Gasteiger partial charge in [0.2, 0.25) is 0 Å². The molecule has 0 radical (unpaired) electrons. The first-order chi connectivity index (χ1) is 14.4. The van der Waals surface area contributed by atoms with Crippen LogP contribution in [-0.4, -0.2) is 0 Å². The van der Waals surface area contributed by atoms with Gasteiger partial charge >= 0.3 is 0 Å². The Hall–Kier alpha value is -3.12. The Kier molecular flexibility index (Phi) is 2.90. The first-order valence-corrected chi connectivity index (χ1v) is 8.23. The fraction of sp³-hybridized carbons (Fsp3) is 0.0400. The van der Waals surface area contributed by atoms with E-state index >= 15 is 0 Å². The minimum Gasteiger partial charge on any atom is -0.0622 e. The van der Waals surface area contributed by atoms with Gasteiger partial charge in [-0.2, -0.15) is 0 Å². The highest BCUT2D eigenvalue weighted by molar-refractivity contribution is 5.91. The van der Waals surface area contributed by atoms with Crippen molar-refractivity contribution in [2.24, 2.45) is 0 Å². The molecular formula is C25H20. The van der Waals surface area contributed by atoms with Gasteiger partial charge in [-0.1, -0.05) is 109 Å². The van der Waals surface area contributed by atoms with Crippen LogP contribution in [0.1, 0.15) is 12.4 Å². The zero-order valence-electron chi connectivity index (χ0n) is 18.9. The average molecular weight is 325 g/mol. The molecule has 0 nitrogen and oxygen atoms in total. The summed E-state index contributed by atoms with van der Waals surface area (Å²) >= 11 is 0. The van der Waals surface area contributed by atoms with Gasteiger partial charge in [-0.25, -0.2) is 0 Å². The van der Waals surface area contributed by atoms with Crippen molar-refractivity contribution >= 4 is 0 Å². The first-order valence-electron chi connectivity index (χ1n) is 10.7. The van der Waals surface area contributed by atoms with Gasteiger partial charge in [0, 0.05) is 0 Å². The summed E-state index contributed by atoms with van der Waals surface area (Å²) in [5.74, 6) is 0. The van der Waals surface area contributed by atoms with E-state index in [9.17, 15) is 0 Å². The predicted octanol–water partition coefficient (Wildman–Crippen LogP) is 7.00. The van der Waals surface area contributed by atoms with Crippen LogP contribution in [0.3, 0.4) is 0 Å². The Morgan fingerprint density at radius 2 is 1.00 bits per heavy atom. The zero-order valence-corrected chi connectivity index (χ0v) is 13.9. The summed E-state index contributed by atoms with van der Waals surface area (Å²) < 4.78 is 40.8. The molecule has 0 heteroatoms. The lowest BCUT2D eigenvalue weighted by atomic mass is 9.89. The van der Waals surface area contributed by atoms with Crippen LogP contribution in [0.4, 0.5) is 0 Å². The molecule has 0 bridgehead atoms. The van der Waals surface area contributed by atoms with Crippen molar-refractivity contribution in [1.82, 2.24) is 0 Å². The van der Waals surface area contributed by atoms with Crippen molar-refractivity contribution in [1.29, 1.82) is 0 Å². The van der Waals surface area contributed by atoms with Crippen molar-refractivity contribution < 1.29 is 6.85 Å². The molecule has 4 rings (SSSR count). The normalized spacial score (nSPS) is 13.4. The minimum absolute atomic E-state index is 0.193. The summed E-state index contributed by atoms with van der Waals surface area (Å²) in [5.41, 5.74) is 5.88. The molecule has 0 heterocycles. The monoisotopic (exact) mass is 325 g/mol. The zero-order chi connectivity index (χ0) is 21.4. The maximum atomic E-state index is 8.40. The highest BCUT2D eigenvalue weighted by atomic mass is 14.1. The quantitative estimate of drug-likeness (QED) is 0.380. The Balaban J connectivity index is 2.00. The van der Waals surface area contributed by atoms with E-state index in [1.807, 2.05) is 55.5 Å². The summed E-state index contributed by atoms with van der Waals surface area (Å²) in [7, 11) is 0. The summed E-state index contributed by atoms with van der Waals surface area (Å²) in [4.78, 5) is 0. The molecule has 0 saturated heterocycles. The maximum Gasteiger partial charge on any atom is 0.0629 e. The molecule has 0 aromatic heterocycles. The van der Waals surface area contributed by atoms with Gasteiger partial charge < -0.3 is 0 Å². The van der Waals surface area contributed by atoms with Crippen LogP contribution in [0.25, 0.3) is 33.4 Å². The molecule has 0 N–H and O–H groups in total. The standard InChI is InChI=1S/C25H20/c1-19-15-17-21(18-16-19)23-12-6-8-14-25(23)24-13-7-5-11-22(24)20-9-3-2-4-10-20/h2-18H,1H3/i2D,3D,4D,9D,10D. The van der Waals surface area contributed by atoms with Crippen LogP contribution in [0, 0.1) is 6.92 Å². The van der Waals surface area contributed by atoms with Crippen LogP contribution in [0.15, 0.2) is 103 Å². The maximum absolute atomic E-state index is 8.40. The van der Waals surface area contributed by atoms with E-state index in [0.29, 0.717) is 5.56 Å². The van der Waals surface area contributed by atoms with Gasteiger partial charge in [0.05, 0.1) is 6.85 Å². The third-order valence-electron chi connectivity index (χ3n) is 4.28. The molecule has 0 unspecified atom stereocenters. The second kappa shape index (κ2) is 6.78. The summed E-state index contributed by atoms with van der Waals surface area (Å²) in [6, 6.07) is 22.3. The Bertz CT molecular complexity index is 1210. The van der Waals surface area contributed by atoms with Crippen molar-refractivity contribution in [3.63, 3.8) is 0 Å². The lowest BCUT2D eigenvalue weighted by Crippen LogP contribution is -1.89. The van der Waals surface area contributed by atoms with Crippen molar-refractivity contribution in [2.45, 2.75) is 6.92 Å². The highest BCUT2D eigenvalue weighted by Crippen LogP contribution is 2.37. The third-order valence-corrected chi connectivity index (χ3v) is 4.28. The molecule has 0 atom stereocenters. The molecule has 0 aliphatic heterocycles. The number of hydrogen-bond acceptors (Lipinski definition) is 0. The molecule has 4 aromatic rings. The van der Waals surface area contributed by atoms with Crippen LogP contribution < -0.4 is 0 Å². The van der Waals surface area contributed by atoms with E-state index in [1.54, 1.807) is 0 Å². The number of rotatable bonds is 3. The van der Waals surface area contributed by atoms with E-state index < -0.39 is 0 Å². The Morgan fingerprint density at radius 3 is 1.56 bits per heavy atom. The summed E-state index contributed by atoms with van der Waals surface area (Å²) in [5, 5.41) is 0. The van der Waals surface area contributed by atoms with Crippen molar-refractivity contribution in [3.05, 3.63) is 109 Å². The van der Waals surface area contributed by atoms with E-state index in [0.717, 1.165) is 22.3 Å². The first kappa shape index (κ1) is 10.7. The smallest absolute Gasteiger partial charge is 0.0622 e. The molecule has 0 aliphatic carbocycles. The average Bonchev–Trinajstić information content (AvgIpc) is 2.77. The van der Waals surface area contributed by atoms with Gasteiger partial charge in [-0.05, 0) is 40.3 Å². The molecule has 0 aliphatic rings. The van der Waals surface area contributed by atoms with Gasteiger partial charge in [0.25, 0.3) is 0 Å². The molecule has 0 fully saturated rings.